The fourth-order valence-electron chi connectivity index (χ4n) is 1.46. The Labute approximate surface area is 92.4 Å². The Morgan fingerprint density at radius 3 is 2.87 bits per heavy atom. The zero-order chi connectivity index (χ0) is 11.3. The lowest BCUT2D eigenvalue weighted by atomic mass is 10.00. The number of allylic oxidation sites excluding steroid dienone is 1. The number of nitrogens with one attached hydrogen (secondary N) is 1. The number of pyridine rings is 1. The lowest BCUT2D eigenvalue weighted by Crippen LogP contribution is -2.23. The Balaban J connectivity index is 2.57. The van der Waals surface area contributed by atoms with Crippen LogP contribution in [-0.4, -0.2) is 11.0 Å². The molecule has 15 heavy (non-hydrogen) atoms. The first-order valence-electron chi connectivity index (χ1n) is 5.43. The van der Waals surface area contributed by atoms with Gasteiger partial charge in [0.05, 0.1) is 0 Å². The second-order valence-electron chi connectivity index (χ2n) is 4.15. The quantitative estimate of drug-likeness (QED) is 0.743. The van der Waals surface area contributed by atoms with Crippen LogP contribution in [0.5, 0.6) is 0 Å². The molecule has 0 saturated heterocycles. The summed E-state index contributed by atoms with van der Waals surface area (Å²) in [5, 5.41) is 3.41. The van der Waals surface area contributed by atoms with Gasteiger partial charge in [-0.15, -0.1) is 6.58 Å². The van der Waals surface area contributed by atoms with Gasteiger partial charge in [-0.25, -0.2) is 4.98 Å². The molecule has 0 aliphatic carbocycles. The van der Waals surface area contributed by atoms with Crippen LogP contribution in [0, 0.1) is 12.8 Å². The third kappa shape index (κ3) is 3.74. The molecule has 0 spiro atoms. The summed E-state index contributed by atoms with van der Waals surface area (Å²) in [5.74, 6) is 1.53. The van der Waals surface area contributed by atoms with Crippen LogP contribution in [0.3, 0.4) is 0 Å². The number of hydrogen-bond donors (Lipinski definition) is 1. The molecule has 0 bridgehead atoms. The summed E-state index contributed by atoms with van der Waals surface area (Å²) in [7, 11) is 0. The van der Waals surface area contributed by atoms with Crippen LogP contribution >= 0.6 is 0 Å². The van der Waals surface area contributed by atoms with Crippen molar-refractivity contribution in [2.75, 3.05) is 5.32 Å². The van der Waals surface area contributed by atoms with Gasteiger partial charge in [-0.1, -0.05) is 13.0 Å². The summed E-state index contributed by atoms with van der Waals surface area (Å²) >= 11 is 0. The van der Waals surface area contributed by atoms with Crippen molar-refractivity contribution in [1.82, 2.24) is 4.98 Å². The van der Waals surface area contributed by atoms with E-state index >= 15 is 0 Å². The molecule has 1 aromatic rings. The minimum atomic E-state index is 0.414. The zero-order valence-electron chi connectivity index (χ0n) is 9.83. The highest BCUT2D eigenvalue weighted by molar-refractivity contribution is 5.37. The highest BCUT2D eigenvalue weighted by Gasteiger charge is 2.10. The molecule has 2 unspecified atom stereocenters. The number of hydrogen-bond acceptors (Lipinski definition) is 2. The van der Waals surface area contributed by atoms with Crippen molar-refractivity contribution in [2.24, 2.45) is 5.92 Å². The molecular formula is C13H20N2. The maximum atomic E-state index is 4.29. The van der Waals surface area contributed by atoms with E-state index in [1.807, 2.05) is 18.3 Å². The fourth-order valence-corrected chi connectivity index (χ4v) is 1.46. The third-order valence-electron chi connectivity index (χ3n) is 2.68. The Bertz CT molecular complexity index is 320. The van der Waals surface area contributed by atoms with Crippen LogP contribution in [0.25, 0.3) is 0 Å². The molecule has 1 N–H and O–H groups in total. The van der Waals surface area contributed by atoms with E-state index in [0.717, 1.165) is 12.2 Å². The lowest BCUT2D eigenvalue weighted by molar-refractivity contribution is 0.516. The first kappa shape index (κ1) is 11.8. The molecule has 2 atom stereocenters. The van der Waals surface area contributed by atoms with Gasteiger partial charge in [-0.05, 0) is 43.9 Å². The minimum Gasteiger partial charge on any atom is -0.367 e. The Hall–Kier alpha value is -1.31. The maximum absolute atomic E-state index is 4.29. The highest BCUT2D eigenvalue weighted by atomic mass is 15.0. The summed E-state index contributed by atoms with van der Waals surface area (Å²) in [4.78, 5) is 4.29. The molecule has 2 nitrogen and oxygen atoms in total. The van der Waals surface area contributed by atoms with E-state index in [-0.39, 0.29) is 0 Å². The molecule has 0 saturated carbocycles. The van der Waals surface area contributed by atoms with Crippen molar-refractivity contribution in [3.05, 3.63) is 36.5 Å². The molecule has 0 aliphatic heterocycles. The average Bonchev–Trinajstić information content (AvgIpc) is 2.18. The topological polar surface area (TPSA) is 24.9 Å². The SMILES string of the molecule is C=CCC(C)C(C)Nc1cc(C)ccn1. The number of anilines is 1. The van der Waals surface area contributed by atoms with Crippen molar-refractivity contribution < 1.29 is 0 Å². The smallest absolute Gasteiger partial charge is 0.126 e. The summed E-state index contributed by atoms with van der Waals surface area (Å²) < 4.78 is 0. The first-order chi connectivity index (χ1) is 7.13. The van der Waals surface area contributed by atoms with E-state index in [1.165, 1.54) is 5.56 Å². The van der Waals surface area contributed by atoms with Crippen LogP contribution in [-0.2, 0) is 0 Å². The van der Waals surface area contributed by atoms with Gasteiger partial charge < -0.3 is 5.32 Å². The van der Waals surface area contributed by atoms with Gasteiger partial charge in [-0.2, -0.15) is 0 Å². The molecule has 0 amide bonds. The first-order valence-corrected chi connectivity index (χ1v) is 5.43. The zero-order valence-corrected chi connectivity index (χ0v) is 9.83. The molecule has 2 heteroatoms. The van der Waals surface area contributed by atoms with Crippen LogP contribution in [0.2, 0.25) is 0 Å². The summed E-state index contributed by atoms with van der Waals surface area (Å²) in [6.45, 7) is 10.2. The summed E-state index contributed by atoms with van der Waals surface area (Å²) in [6, 6.07) is 4.48. The van der Waals surface area contributed by atoms with Crippen molar-refractivity contribution in [1.29, 1.82) is 0 Å². The molecule has 1 rings (SSSR count). The maximum Gasteiger partial charge on any atom is 0.126 e. The Morgan fingerprint density at radius 2 is 2.27 bits per heavy atom. The molecule has 1 aromatic heterocycles. The number of aryl methyl sites for hydroxylation is 1. The fraction of sp³-hybridized carbons (Fsp3) is 0.462. The van der Waals surface area contributed by atoms with Crippen molar-refractivity contribution >= 4 is 5.82 Å². The summed E-state index contributed by atoms with van der Waals surface area (Å²) in [6.07, 6.45) is 4.83. The normalized spacial score (nSPS) is 14.3. The average molecular weight is 204 g/mol. The minimum absolute atomic E-state index is 0.414. The van der Waals surface area contributed by atoms with Gasteiger partial charge in [0.1, 0.15) is 5.82 Å². The van der Waals surface area contributed by atoms with Gasteiger partial charge in [0.2, 0.25) is 0 Å². The predicted octanol–water partition coefficient (Wildman–Crippen LogP) is 3.40. The predicted molar refractivity (Wildman–Crippen MR) is 66.0 cm³/mol. The van der Waals surface area contributed by atoms with E-state index in [9.17, 15) is 0 Å². The summed E-state index contributed by atoms with van der Waals surface area (Å²) in [5.41, 5.74) is 1.23. The van der Waals surface area contributed by atoms with E-state index in [4.69, 9.17) is 0 Å². The van der Waals surface area contributed by atoms with Gasteiger partial charge in [-0.3, -0.25) is 0 Å². The van der Waals surface area contributed by atoms with Gasteiger partial charge in [0, 0.05) is 12.2 Å². The highest BCUT2D eigenvalue weighted by Crippen LogP contribution is 2.14. The molecule has 0 aromatic carbocycles. The van der Waals surface area contributed by atoms with Crippen molar-refractivity contribution in [3.8, 4) is 0 Å². The number of aromatic nitrogens is 1. The molecule has 0 radical (unpaired) electrons. The van der Waals surface area contributed by atoms with Crippen LogP contribution in [0.1, 0.15) is 25.8 Å². The van der Waals surface area contributed by atoms with Gasteiger partial charge >= 0.3 is 0 Å². The second-order valence-corrected chi connectivity index (χ2v) is 4.15. The van der Waals surface area contributed by atoms with E-state index in [0.29, 0.717) is 12.0 Å². The van der Waals surface area contributed by atoms with Crippen LogP contribution in [0.4, 0.5) is 5.82 Å². The van der Waals surface area contributed by atoms with Crippen LogP contribution < -0.4 is 5.32 Å². The monoisotopic (exact) mass is 204 g/mol. The Morgan fingerprint density at radius 1 is 1.53 bits per heavy atom. The molecule has 0 aliphatic rings. The molecule has 1 heterocycles. The molecular weight excluding hydrogens is 184 g/mol. The van der Waals surface area contributed by atoms with Crippen LogP contribution in [0.15, 0.2) is 31.0 Å². The van der Waals surface area contributed by atoms with E-state index in [2.05, 4.69) is 43.7 Å². The second kappa shape index (κ2) is 5.54. The van der Waals surface area contributed by atoms with Gasteiger partial charge in [0.25, 0.3) is 0 Å². The standard InChI is InChI=1S/C13H20N2/c1-5-6-11(3)12(4)15-13-9-10(2)7-8-14-13/h5,7-9,11-12H,1,6H2,2-4H3,(H,14,15). The van der Waals surface area contributed by atoms with Crippen molar-refractivity contribution in [2.45, 2.75) is 33.2 Å². The number of rotatable bonds is 5. The van der Waals surface area contributed by atoms with Crippen molar-refractivity contribution in [3.63, 3.8) is 0 Å². The molecule has 0 fully saturated rings. The largest absolute Gasteiger partial charge is 0.367 e. The lowest BCUT2D eigenvalue weighted by Gasteiger charge is -2.20. The molecule has 82 valence electrons. The number of nitrogens with zero attached hydrogens (tertiary/aromatic N) is 1. The van der Waals surface area contributed by atoms with E-state index in [1.54, 1.807) is 0 Å². The third-order valence-corrected chi connectivity index (χ3v) is 2.68. The van der Waals surface area contributed by atoms with Gasteiger partial charge in [0.15, 0.2) is 0 Å². The van der Waals surface area contributed by atoms with E-state index < -0.39 is 0 Å². The Kier molecular flexibility index (Phi) is 4.35.